The molecule has 3 aromatic rings. The molecule has 7 nitrogen and oxygen atoms in total. The number of pyridine rings is 1. The van der Waals surface area contributed by atoms with Gasteiger partial charge in [0.25, 0.3) is 5.91 Å². The van der Waals surface area contributed by atoms with Crippen molar-refractivity contribution in [2.45, 2.75) is 25.4 Å². The number of anilines is 1. The van der Waals surface area contributed by atoms with Crippen LogP contribution < -0.4 is 10.6 Å². The summed E-state index contributed by atoms with van der Waals surface area (Å²) in [5.41, 5.74) is 2.81. The molecule has 27 heavy (non-hydrogen) atoms. The molecule has 1 saturated heterocycles. The van der Waals surface area contributed by atoms with Crippen LogP contribution in [0.2, 0.25) is 0 Å². The number of nitrogens with zero attached hydrogens (tertiary/aromatic N) is 3. The zero-order valence-electron chi connectivity index (χ0n) is 15.6. The number of hydrogen-bond acceptors (Lipinski definition) is 5. The molecule has 0 saturated carbocycles. The number of fused-ring (bicyclic) bond motifs is 1. The van der Waals surface area contributed by atoms with Crippen LogP contribution in [0.4, 0.5) is 5.82 Å². The van der Waals surface area contributed by atoms with Gasteiger partial charge in [0.05, 0.1) is 17.3 Å². The molecule has 1 amide bonds. The number of rotatable bonds is 5. The fourth-order valence-electron chi connectivity index (χ4n) is 3.50. The smallest absolute Gasteiger partial charge is 0.255 e. The molecule has 0 spiro atoms. The molecule has 140 valence electrons. The standard InChI is InChI=1S/C20H24N6O/c1-13(14-3-5-18-16(9-14)11-23-25-18)24-19-6-4-15(10-22-19)20(27)26-8-7-17(12-26)21-2/h3-6,9-11,13,17,21H,7-8,12H2,1-2H3,(H,22,24)(H,23,25)/t13-,17-/m0/s1. The van der Waals surface area contributed by atoms with Gasteiger partial charge in [0, 0.05) is 36.8 Å². The predicted octanol–water partition coefficient (Wildman–Crippen LogP) is 2.56. The number of likely N-dealkylation sites (N-methyl/N-ethyl adjacent to an activating group) is 1. The summed E-state index contributed by atoms with van der Waals surface area (Å²) in [7, 11) is 1.94. The van der Waals surface area contributed by atoms with Gasteiger partial charge >= 0.3 is 0 Å². The lowest BCUT2D eigenvalue weighted by Crippen LogP contribution is -2.33. The number of aromatic nitrogens is 3. The highest BCUT2D eigenvalue weighted by molar-refractivity contribution is 5.94. The van der Waals surface area contributed by atoms with E-state index in [1.165, 1.54) is 0 Å². The Morgan fingerprint density at radius 3 is 2.93 bits per heavy atom. The van der Waals surface area contributed by atoms with Crippen molar-refractivity contribution in [3.63, 3.8) is 0 Å². The van der Waals surface area contributed by atoms with E-state index in [0.717, 1.165) is 41.8 Å². The third kappa shape index (κ3) is 3.64. The van der Waals surface area contributed by atoms with Crippen LogP contribution in [0.25, 0.3) is 10.9 Å². The Labute approximate surface area is 158 Å². The second-order valence-corrected chi connectivity index (χ2v) is 7.04. The second kappa shape index (κ2) is 7.36. The zero-order chi connectivity index (χ0) is 18.8. The Kier molecular flexibility index (Phi) is 4.77. The number of hydrogen-bond donors (Lipinski definition) is 3. The van der Waals surface area contributed by atoms with Crippen molar-refractivity contribution >= 4 is 22.6 Å². The number of H-pyrrole nitrogens is 1. The van der Waals surface area contributed by atoms with E-state index >= 15 is 0 Å². The van der Waals surface area contributed by atoms with Crippen molar-refractivity contribution in [3.8, 4) is 0 Å². The Hall–Kier alpha value is -2.93. The van der Waals surface area contributed by atoms with Crippen LogP contribution in [0, 0.1) is 0 Å². The van der Waals surface area contributed by atoms with E-state index in [0.29, 0.717) is 11.6 Å². The summed E-state index contributed by atoms with van der Waals surface area (Å²) < 4.78 is 0. The molecule has 1 aromatic carbocycles. The van der Waals surface area contributed by atoms with Crippen molar-refractivity contribution in [2.75, 3.05) is 25.5 Å². The summed E-state index contributed by atoms with van der Waals surface area (Å²) in [6.45, 7) is 3.63. The maximum Gasteiger partial charge on any atom is 0.255 e. The summed E-state index contributed by atoms with van der Waals surface area (Å²) in [5, 5.41) is 14.7. The summed E-state index contributed by atoms with van der Waals surface area (Å²) >= 11 is 0. The molecular weight excluding hydrogens is 340 g/mol. The molecule has 3 N–H and O–H groups in total. The van der Waals surface area contributed by atoms with Crippen molar-refractivity contribution in [1.29, 1.82) is 0 Å². The number of carbonyl (C=O) groups excluding carboxylic acids is 1. The summed E-state index contributed by atoms with van der Waals surface area (Å²) in [6.07, 6.45) is 4.47. The maximum atomic E-state index is 12.6. The van der Waals surface area contributed by atoms with E-state index < -0.39 is 0 Å². The van der Waals surface area contributed by atoms with Crippen LogP contribution in [-0.4, -0.2) is 52.2 Å². The molecule has 1 aliphatic rings. The van der Waals surface area contributed by atoms with E-state index in [1.807, 2.05) is 36.3 Å². The molecule has 4 rings (SSSR count). The Morgan fingerprint density at radius 1 is 1.30 bits per heavy atom. The SMILES string of the molecule is CN[C@H]1CCN(C(=O)c2ccc(N[C@@H](C)c3ccc4[nH]ncc4c3)nc2)C1. The minimum atomic E-state index is 0.0465. The minimum absolute atomic E-state index is 0.0465. The monoisotopic (exact) mass is 364 g/mol. The Morgan fingerprint density at radius 2 is 2.19 bits per heavy atom. The predicted molar refractivity (Wildman–Crippen MR) is 106 cm³/mol. The number of nitrogens with one attached hydrogen (secondary N) is 3. The van der Waals surface area contributed by atoms with Crippen LogP contribution >= 0.6 is 0 Å². The fourth-order valence-corrected chi connectivity index (χ4v) is 3.50. The van der Waals surface area contributed by atoms with Crippen LogP contribution in [0.5, 0.6) is 0 Å². The van der Waals surface area contributed by atoms with Gasteiger partial charge in [-0.2, -0.15) is 5.10 Å². The fraction of sp³-hybridized carbons (Fsp3) is 0.350. The van der Waals surface area contributed by atoms with Crippen molar-refractivity contribution in [1.82, 2.24) is 25.4 Å². The largest absolute Gasteiger partial charge is 0.364 e. The number of amides is 1. The van der Waals surface area contributed by atoms with E-state index in [1.54, 1.807) is 6.20 Å². The van der Waals surface area contributed by atoms with Crippen molar-refractivity contribution < 1.29 is 4.79 Å². The molecule has 2 atom stereocenters. The highest BCUT2D eigenvalue weighted by Gasteiger charge is 2.25. The van der Waals surface area contributed by atoms with Crippen LogP contribution in [0.15, 0.2) is 42.7 Å². The average molecular weight is 364 g/mol. The first kappa shape index (κ1) is 17.5. The topological polar surface area (TPSA) is 85.9 Å². The van der Waals surface area contributed by atoms with E-state index in [-0.39, 0.29) is 11.9 Å². The second-order valence-electron chi connectivity index (χ2n) is 7.04. The number of likely N-dealkylation sites (tertiary alicyclic amines) is 1. The number of carbonyl (C=O) groups is 1. The summed E-state index contributed by atoms with van der Waals surface area (Å²) in [6, 6.07) is 10.4. The van der Waals surface area contributed by atoms with Gasteiger partial charge in [0.2, 0.25) is 0 Å². The first-order valence-electron chi connectivity index (χ1n) is 9.26. The van der Waals surface area contributed by atoms with Crippen LogP contribution in [-0.2, 0) is 0 Å². The average Bonchev–Trinajstić information content (AvgIpc) is 3.36. The molecular formula is C20H24N6O. The Bertz CT molecular complexity index is 935. The van der Waals surface area contributed by atoms with Gasteiger partial charge in [-0.15, -0.1) is 0 Å². The quantitative estimate of drug-likeness (QED) is 0.648. The van der Waals surface area contributed by atoms with Crippen LogP contribution in [0.3, 0.4) is 0 Å². The van der Waals surface area contributed by atoms with E-state index in [9.17, 15) is 4.79 Å². The molecule has 1 fully saturated rings. The van der Waals surface area contributed by atoms with Gasteiger partial charge in [0.1, 0.15) is 5.82 Å². The van der Waals surface area contributed by atoms with Gasteiger partial charge < -0.3 is 15.5 Å². The van der Waals surface area contributed by atoms with Gasteiger partial charge in [-0.05, 0) is 50.2 Å². The normalized spacial score (nSPS) is 18.0. The maximum absolute atomic E-state index is 12.6. The van der Waals surface area contributed by atoms with Gasteiger partial charge in [-0.3, -0.25) is 9.89 Å². The van der Waals surface area contributed by atoms with Crippen molar-refractivity contribution in [3.05, 3.63) is 53.9 Å². The third-order valence-electron chi connectivity index (χ3n) is 5.22. The number of benzene rings is 1. The van der Waals surface area contributed by atoms with Gasteiger partial charge in [-0.1, -0.05) is 6.07 Å². The first-order chi connectivity index (χ1) is 13.1. The summed E-state index contributed by atoms with van der Waals surface area (Å²) in [5.74, 6) is 0.797. The lowest BCUT2D eigenvalue weighted by molar-refractivity contribution is 0.0789. The molecule has 7 heteroatoms. The van der Waals surface area contributed by atoms with E-state index in [2.05, 4.69) is 44.9 Å². The molecule has 0 radical (unpaired) electrons. The van der Waals surface area contributed by atoms with Gasteiger partial charge in [-0.25, -0.2) is 4.98 Å². The lowest BCUT2D eigenvalue weighted by Gasteiger charge is -2.17. The van der Waals surface area contributed by atoms with Crippen molar-refractivity contribution in [2.24, 2.45) is 0 Å². The molecule has 3 heterocycles. The molecule has 0 bridgehead atoms. The first-order valence-corrected chi connectivity index (χ1v) is 9.26. The minimum Gasteiger partial charge on any atom is -0.364 e. The molecule has 1 aliphatic heterocycles. The van der Waals surface area contributed by atoms with E-state index in [4.69, 9.17) is 0 Å². The molecule has 0 aliphatic carbocycles. The third-order valence-corrected chi connectivity index (χ3v) is 5.22. The Balaban J connectivity index is 1.42. The van der Waals surface area contributed by atoms with Crippen LogP contribution in [0.1, 0.15) is 35.3 Å². The molecule has 0 unspecified atom stereocenters. The lowest BCUT2D eigenvalue weighted by atomic mass is 10.1. The zero-order valence-corrected chi connectivity index (χ0v) is 15.6. The highest BCUT2D eigenvalue weighted by Crippen LogP contribution is 2.22. The number of aromatic amines is 1. The molecule has 2 aromatic heterocycles. The highest BCUT2D eigenvalue weighted by atomic mass is 16.2. The summed E-state index contributed by atoms with van der Waals surface area (Å²) in [4.78, 5) is 18.9. The van der Waals surface area contributed by atoms with Gasteiger partial charge in [0.15, 0.2) is 0 Å².